The Morgan fingerprint density at radius 1 is 1.12 bits per heavy atom. The van der Waals surface area contributed by atoms with Crippen LogP contribution in [0.5, 0.6) is 5.75 Å². The summed E-state index contributed by atoms with van der Waals surface area (Å²) in [5, 5.41) is 0.171. The number of carbonyl (C=O) groups excluding carboxylic acids is 1. The van der Waals surface area contributed by atoms with E-state index in [1.165, 1.54) is 20.0 Å². The van der Waals surface area contributed by atoms with Crippen molar-refractivity contribution in [3.8, 4) is 5.75 Å². The second-order valence-corrected chi connectivity index (χ2v) is 13.2. The van der Waals surface area contributed by atoms with E-state index in [9.17, 15) is 4.79 Å². The van der Waals surface area contributed by atoms with Gasteiger partial charge in [-0.1, -0.05) is 45.7 Å². The molecule has 4 heteroatoms. The van der Waals surface area contributed by atoms with Crippen LogP contribution in [0.4, 0.5) is 0 Å². The first kappa shape index (κ1) is 19.0. The van der Waals surface area contributed by atoms with Crippen LogP contribution in [0, 0.1) is 5.92 Å². The molecule has 0 N–H and O–H groups in total. The first-order chi connectivity index (χ1) is 11.2. The van der Waals surface area contributed by atoms with E-state index >= 15 is 0 Å². The molecule has 0 saturated heterocycles. The molecule has 2 rings (SSSR count). The topological polar surface area (TPSA) is 35.5 Å². The fraction of sp³-hybridized carbons (Fsp3) is 0.650. The van der Waals surface area contributed by atoms with Gasteiger partial charge in [-0.25, -0.2) is 0 Å². The lowest BCUT2D eigenvalue weighted by Crippen LogP contribution is -2.43. The summed E-state index contributed by atoms with van der Waals surface area (Å²) in [6.45, 7) is 11.2. The summed E-state index contributed by atoms with van der Waals surface area (Å²) in [5.74, 6) is 1.06. The average Bonchev–Trinajstić information content (AvgIpc) is 3.01. The van der Waals surface area contributed by atoms with Crippen LogP contribution in [-0.2, 0) is 9.53 Å². The zero-order valence-electron chi connectivity index (χ0n) is 16.0. The highest BCUT2D eigenvalue weighted by Gasteiger charge is 2.39. The van der Waals surface area contributed by atoms with Crippen LogP contribution in [0.15, 0.2) is 24.3 Å². The van der Waals surface area contributed by atoms with Gasteiger partial charge >= 0.3 is 5.97 Å². The van der Waals surface area contributed by atoms with Crippen molar-refractivity contribution in [3.63, 3.8) is 0 Å². The molecule has 1 unspecified atom stereocenters. The number of rotatable bonds is 5. The minimum absolute atomic E-state index is 0.111. The van der Waals surface area contributed by atoms with Crippen LogP contribution >= 0.6 is 0 Å². The zero-order valence-corrected chi connectivity index (χ0v) is 17.0. The Morgan fingerprint density at radius 2 is 1.67 bits per heavy atom. The molecule has 0 amide bonds. The molecule has 1 aliphatic rings. The third-order valence-electron chi connectivity index (χ3n) is 5.74. The molecule has 1 saturated carbocycles. The summed E-state index contributed by atoms with van der Waals surface area (Å²) in [6.07, 6.45) is 4.65. The van der Waals surface area contributed by atoms with Gasteiger partial charge in [0.1, 0.15) is 5.75 Å². The number of carbonyl (C=O) groups is 1. The van der Waals surface area contributed by atoms with Gasteiger partial charge in [-0.05, 0) is 54.6 Å². The van der Waals surface area contributed by atoms with E-state index in [2.05, 4.69) is 33.9 Å². The van der Waals surface area contributed by atoms with Crippen molar-refractivity contribution in [1.29, 1.82) is 0 Å². The number of methoxy groups -OCH3 is 1. The minimum Gasteiger partial charge on any atom is -0.544 e. The maximum Gasteiger partial charge on any atom is 0.313 e. The molecular weight excluding hydrogens is 316 g/mol. The van der Waals surface area contributed by atoms with Crippen LogP contribution in [0.2, 0.25) is 18.1 Å². The van der Waals surface area contributed by atoms with Gasteiger partial charge in [0.05, 0.1) is 13.0 Å². The third-order valence-corrected chi connectivity index (χ3v) is 10.1. The Balaban J connectivity index is 2.19. The molecule has 0 spiro atoms. The van der Waals surface area contributed by atoms with Crippen LogP contribution in [0.1, 0.15) is 57.9 Å². The lowest BCUT2D eigenvalue weighted by Gasteiger charge is -2.36. The Kier molecular flexibility index (Phi) is 5.79. The van der Waals surface area contributed by atoms with Crippen molar-refractivity contribution in [3.05, 3.63) is 29.8 Å². The standard InChI is InChI=1S/C20H32O3Si/c1-20(2,3)24(5,6)23-17-13-11-16(12-14-17)18(19(21)22-4)15-9-7-8-10-15/h11-15,18H,7-10H2,1-6H3. The lowest BCUT2D eigenvalue weighted by atomic mass is 9.85. The smallest absolute Gasteiger partial charge is 0.313 e. The van der Waals surface area contributed by atoms with Gasteiger partial charge in [-0.2, -0.15) is 0 Å². The van der Waals surface area contributed by atoms with Crippen molar-refractivity contribution < 1.29 is 14.0 Å². The number of ether oxygens (including phenoxy) is 1. The molecule has 1 atom stereocenters. The molecule has 0 radical (unpaired) electrons. The van der Waals surface area contributed by atoms with Crippen molar-refractivity contribution in [2.24, 2.45) is 5.92 Å². The number of hydrogen-bond donors (Lipinski definition) is 0. The van der Waals surface area contributed by atoms with Gasteiger partial charge in [-0.3, -0.25) is 4.79 Å². The van der Waals surface area contributed by atoms with Crippen molar-refractivity contribution in [2.75, 3.05) is 7.11 Å². The summed E-state index contributed by atoms with van der Waals surface area (Å²) < 4.78 is 11.4. The molecule has 1 aromatic rings. The summed E-state index contributed by atoms with van der Waals surface area (Å²) in [6, 6.07) is 8.12. The number of esters is 1. The summed E-state index contributed by atoms with van der Waals surface area (Å²) >= 11 is 0. The van der Waals surface area contributed by atoms with Gasteiger partial charge < -0.3 is 9.16 Å². The van der Waals surface area contributed by atoms with E-state index in [4.69, 9.17) is 9.16 Å². The van der Waals surface area contributed by atoms with E-state index in [-0.39, 0.29) is 16.9 Å². The normalized spacial score (nSPS) is 17.6. The first-order valence-corrected chi connectivity index (χ1v) is 11.9. The minimum atomic E-state index is -1.84. The second kappa shape index (κ2) is 7.30. The van der Waals surface area contributed by atoms with Gasteiger partial charge in [-0.15, -0.1) is 0 Å². The molecule has 1 aromatic carbocycles. The molecule has 1 fully saturated rings. The Hall–Kier alpha value is -1.29. The molecule has 0 aromatic heterocycles. The molecule has 0 aliphatic heterocycles. The molecule has 3 nitrogen and oxygen atoms in total. The largest absolute Gasteiger partial charge is 0.544 e. The van der Waals surface area contributed by atoms with Crippen LogP contribution in [0.3, 0.4) is 0 Å². The molecule has 0 heterocycles. The fourth-order valence-electron chi connectivity index (χ4n) is 3.21. The van der Waals surface area contributed by atoms with Crippen LogP contribution in [0.25, 0.3) is 0 Å². The summed E-state index contributed by atoms with van der Waals surface area (Å²) in [7, 11) is -0.351. The molecule has 134 valence electrons. The Bertz CT molecular complexity index is 551. The average molecular weight is 349 g/mol. The molecular formula is C20H32O3Si. The highest BCUT2D eigenvalue weighted by molar-refractivity contribution is 6.74. The van der Waals surface area contributed by atoms with Crippen LogP contribution < -0.4 is 4.43 Å². The fourth-order valence-corrected chi connectivity index (χ4v) is 4.24. The Morgan fingerprint density at radius 3 is 2.12 bits per heavy atom. The first-order valence-electron chi connectivity index (χ1n) is 9.02. The number of hydrogen-bond acceptors (Lipinski definition) is 3. The predicted molar refractivity (Wildman–Crippen MR) is 101 cm³/mol. The zero-order chi connectivity index (χ0) is 18.0. The van der Waals surface area contributed by atoms with Gasteiger partial charge in [0.15, 0.2) is 0 Å². The van der Waals surface area contributed by atoms with E-state index in [1.54, 1.807) is 0 Å². The van der Waals surface area contributed by atoms with Crippen LogP contribution in [-0.4, -0.2) is 21.4 Å². The number of benzene rings is 1. The SMILES string of the molecule is COC(=O)C(c1ccc(O[Si](C)(C)C(C)(C)C)cc1)C1CCCC1. The van der Waals surface area contributed by atoms with E-state index in [0.29, 0.717) is 5.92 Å². The van der Waals surface area contributed by atoms with Crippen molar-refractivity contribution in [1.82, 2.24) is 0 Å². The highest BCUT2D eigenvalue weighted by Crippen LogP contribution is 2.40. The van der Waals surface area contributed by atoms with Gasteiger partial charge in [0.25, 0.3) is 0 Å². The molecule has 24 heavy (non-hydrogen) atoms. The summed E-state index contributed by atoms with van der Waals surface area (Å²) in [5.41, 5.74) is 1.05. The summed E-state index contributed by atoms with van der Waals surface area (Å²) in [4.78, 5) is 12.3. The maximum atomic E-state index is 12.3. The maximum absolute atomic E-state index is 12.3. The quantitative estimate of drug-likeness (QED) is 0.519. The van der Waals surface area contributed by atoms with E-state index < -0.39 is 8.32 Å². The lowest BCUT2D eigenvalue weighted by molar-refractivity contribution is -0.143. The highest BCUT2D eigenvalue weighted by atomic mass is 28.4. The van der Waals surface area contributed by atoms with Crippen molar-refractivity contribution >= 4 is 14.3 Å². The van der Waals surface area contributed by atoms with Gasteiger partial charge in [0, 0.05) is 0 Å². The van der Waals surface area contributed by atoms with E-state index in [1.807, 2.05) is 24.3 Å². The predicted octanol–water partition coefficient (Wildman–Crippen LogP) is 5.52. The molecule has 0 bridgehead atoms. The molecule has 1 aliphatic carbocycles. The van der Waals surface area contributed by atoms with Gasteiger partial charge in [0.2, 0.25) is 8.32 Å². The monoisotopic (exact) mass is 348 g/mol. The Labute approximate surface area is 147 Å². The third kappa shape index (κ3) is 4.21. The van der Waals surface area contributed by atoms with E-state index in [0.717, 1.165) is 24.2 Å². The van der Waals surface area contributed by atoms with Crippen molar-refractivity contribution in [2.45, 2.75) is 70.5 Å². The second-order valence-electron chi connectivity index (χ2n) is 8.48.